The van der Waals surface area contributed by atoms with Gasteiger partial charge in [-0.2, -0.15) is 5.10 Å². The summed E-state index contributed by atoms with van der Waals surface area (Å²) in [5.74, 6) is 1.00. The van der Waals surface area contributed by atoms with E-state index in [1.807, 2.05) is 27.8 Å². The molecule has 1 aromatic heterocycles. The lowest BCUT2D eigenvalue weighted by atomic mass is 10.2. The Morgan fingerprint density at radius 2 is 2.14 bits per heavy atom. The van der Waals surface area contributed by atoms with Crippen LogP contribution in [0.15, 0.2) is 0 Å². The lowest BCUT2D eigenvalue weighted by Crippen LogP contribution is -2.12. The number of aromatic nitrogens is 2. The van der Waals surface area contributed by atoms with E-state index in [-0.39, 0.29) is 12.5 Å². The topological polar surface area (TPSA) is 47.3 Å². The first-order chi connectivity index (χ1) is 6.56. The second kappa shape index (κ2) is 4.46. The van der Waals surface area contributed by atoms with E-state index in [1.165, 1.54) is 0 Å². The molecule has 4 heteroatoms. The second-order valence-corrected chi connectivity index (χ2v) is 3.72. The molecule has 1 unspecified atom stereocenters. The zero-order valence-electron chi connectivity index (χ0n) is 9.24. The summed E-state index contributed by atoms with van der Waals surface area (Å²) in [6.07, 6.45) is 0. The van der Waals surface area contributed by atoms with E-state index in [2.05, 4.69) is 5.10 Å². The molecule has 0 radical (unpaired) electrons. The highest BCUT2D eigenvalue weighted by molar-refractivity contribution is 5.31. The number of aliphatic hydroxyl groups excluding tert-OH is 1. The maximum atomic E-state index is 8.86. The average Bonchev–Trinajstić information content (AvgIpc) is 2.39. The van der Waals surface area contributed by atoms with Gasteiger partial charge in [-0.05, 0) is 13.8 Å². The van der Waals surface area contributed by atoms with E-state index in [9.17, 15) is 0 Å². The van der Waals surface area contributed by atoms with Gasteiger partial charge >= 0.3 is 0 Å². The summed E-state index contributed by atoms with van der Waals surface area (Å²) in [4.78, 5) is 0. The van der Waals surface area contributed by atoms with E-state index in [0.717, 1.165) is 17.1 Å². The molecule has 1 N–H and O–H groups in total. The molecule has 0 fully saturated rings. The Kier molecular flexibility index (Phi) is 3.52. The standard InChI is InChI=1S/C10H18N2O2/c1-7(5-13)6-14-10-8(2)11-12(4)9(10)3/h7,13H,5-6H2,1-4H3. The van der Waals surface area contributed by atoms with Gasteiger partial charge in [-0.15, -0.1) is 0 Å². The fourth-order valence-corrected chi connectivity index (χ4v) is 1.24. The third kappa shape index (κ3) is 2.26. The van der Waals surface area contributed by atoms with E-state index < -0.39 is 0 Å². The minimum absolute atomic E-state index is 0.151. The van der Waals surface area contributed by atoms with Crippen LogP contribution in [-0.2, 0) is 7.05 Å². The highest BCUT2D eigenvalue weighted by atomic mass is 16.5. The van der Waals surface area contributed by atoms with Crippen LogP contribution in [0.3, 0.4) is 0 Å². The van der Waals surface area contributed by atoms with E-state index in [1.54, 1.807) is 4.68 Å². The number of hydrogen-bond acceptors (Lipinski definition) is 3. The molecule has 1 heterocycles. The lowest BCUT2D eigenvalue weighted by Gasteiger charge is -2.10. The van der Waals surface area contributed by atoms with Crippen LogP contribution < -0.4 is 4.74 Å². The number of ether oxygens (including phenoxy) is 1. The summed E-state index contributed by atoms with van der Waals surface area (Å²) < 4.78 is 7.40. The first-order valence-electron chi connectivity index (χ1n) is 4.80. The molecule has 0 aliphatic rings. The molecule has 0 amide bonds. The molecular weight excluding hydrogens is 180 g/mol. The Hall–Kier alpha value is -1.03. The number of rotatable bonds is 4. The Balaban J connectivity index is 2.67. The second-order valence-electron chi connectivity index (χ2n) is 3.72. The molecular formula is C10H18N2O2. The summed E-state index contributed by atoms with van der Waals surface area (Å²) in [6.45, 7) is 6.52. The van der Waals surface area contributed by atoms with Crippen molar-refractivity contribution in [1.29, 1.82) is 0 Å². The molecule has 1 rings (SSSR count). The molecule has 0 spiro atoms. The summed E-state index contributed by atoms with van der Waals surface area (Å²) in [5, 5.41) is 13.1. The fourth-order valence-electron chi connectivity index (χ4n) is 1.24. The first-order valence-corrected chi connectivity index (χ1v) is 4.80. The number of hydrogen-bond donors (Lipinski definition) is 1. The molecule has 1 aromatic rings. The average molecular weight is 198 g/mol. The Morgan fingerprint density at radius 3 is 2.57 bits per heavy atom. The molecule has 0 aromatic carbocycles. The van der Waals surface area contributed by atoms with Gasteiger partial charge in [0.05, 0.1) is 12.3 Å². The SMILES string of the molecule is Cc1nn(C)c(C)c1OCC(C)CO. The molecule has 80 valence electrons. The van der Waals surface area contributed by atoms with Gasteiger partial charge in [0.25, 0.3) is 0 Å². The van der Waals surface area contributed by atoms with Gasteiger partial charge in [0.2, 0.25) is 0 Å². The maximum absolute atomic E-state index is 8.86. The summed E-state index contributed by atoms with van der Waals surface area (Å²) in [5.41, 5.74) is 1.92. The van der Waals surface area contributed by atoms with Crippen molar-refractivity contribution in [2.24, 2.45) is 13.0 Å². The Morgan fingerprint density at radius 1 is 1.50 bits per heavy atom. The third-order valence-corrected chi connectivity index (χ3v) is 2.27. The van der Waals surface area contributed by atoms with Crippen LogP contribution in [0.4, 0.5) is 0 Å². The van der Waals surface area contributed by atoms with Gasteiger partial charge in [-0.1, -0.05) is 6.92 Å². The van der Waals surface area contributed by atoms with Crippen LogP contribution >= 0.6 is 0 Å². The largest absolute Gasteiger partial charge is 0.489 e. The van der Waals surface area contributed by atoms with Crippen LogP contribution in [0.25, 0.3) is 0 Å². The monoisotopic (exact) mass is 198 g/mol. The molecule has 0 bridgehead atoms. The maximum Gasteiger partial charge on any atom is 0.162 e. The molecule has 0 saturated carbocycles. The van der Waals surface area contributed by atoms with Gasteiger partial charge in [-0.3, -0.25) is 4.68 Å². The van der Waals surface area contributed by atoms with Crippen molar-refractivity contribution in [3.63, 3.8) is 0 Å². The lowest BCUT2D eigenvalue weighted by molar-refractivity contribution is 0.173. The quantitative estimate of drug-likeness (QED) is 0.786. The fraction of sp³-hybridized carbons (Fsp3) is 0.700. The normalized spacial score (nSPS) is 12.9. The van der Waals surface area contributed by atoms with Crippen LogP contribution in [0.5, 0.6) is 5.75 Å². The zero-order chi connectivity index (χ0) is 10.7. The van der Waals surface area contributed by atoms with Crippen molar-refractivity contribution < 1.29 is 9.84 Å². The highest BCUT2D eigenvalue weighted by Gasteiger charge is 2.11. The minimum Gasteiger partial charge on any atom is -0.489 e. The number of aryl methyl sites for hydroxylation is 2. The van der Waals surface area contributed by atoms with E-state index in [4.69, 9.17) is 9.84 Å². The van der Waals surface area contributed by atoms with E-state index in [0.29, 0.717) is 6.61 Å². The predicted molar refractivity (Wildman–Crippen MR) is 54.4 cm³/mol. The van der Waals surface area contributed by atoms with Crippen LogP contribution in [0, 0.1) is 19.8 Å². The molecule has 0 saturated heterocycles. The van der Waals surface area contributed by atoms with Crippen molar-refractivity contribution >= 4 is 0 Å². The van der Waals surface area contributed by atoms with Crippen LogP contribution in [0.1, 0.15) is 18.3 Å². The minimum atomic E-state index is 0.151. The van der Waals surface area contributed by atoms with Crippen molar-refractivity contribution in [1.82, 2.24) is 9.78 Å². The van der Waals surface area contributed by atoms with Crippen LogP contribution in [-0.4, -0.2) is 28.1 Å². The van der Waals surface area contributed by atoms with Gasteiger partial charge < -0.3 is 9.84 Å². The smallest absolute Gasteiger partial charge is 0.162 e. The molecule has 4 nitrogen and oxygen atoms in total. The van der Waals surface area contributed by atoms with Gasteiger partial charge in [-0.25, -0.2) is 0 Å². The molecule has 1 atom stereocenters. The van der Waals surface area contributed by atoms with Gasteiger partial charge in [0, 0.05) is 19.6 Å². The molecule has 0 aliphatic carbocycles. The Labute approximate surface area is 84.5 Å². The summed E-state index contributed by atoms with van der Waals surface area (Å²) >= 11 is 0. The van der Waals surface area contributed by atoms with Crippen molar-refractivity contribution in [2.45, 2.75) is 20.8 Å². The van der Waals surface area contributed by atoms with E-state index >= 15 is 0 Å². The van der Waals surface area contributed by atoms with Gasteiger partial charge in [0.1, 0.15) is 5.69 Å². The van der Waals surface area contributed by atoms with Crippen LogP contribution in [0.2, 0.25) is 0 Å². The third-order valence-electron chi connectivity index (χ3n) is 2.27. The van der Waals surface area contributed by atoms with Crippen molar-refractivity contribution in [2.75, 3.05) is 13.2 Å². The Bertz CT molecular complexity index is 307. The summed E-state index contributed by atoms with van der Waals surface area (Å²) in [6, 6.07) is 0. The molecule has 14 heavy (non-hydrogen) atoms. The predicted octanol–water partition coefficient (Wildman–Crippen LogP) is 1.04. The number of aliphatic hydroxyl groups is 1. The van der Waals surface area contributed by atoms with Gasteiger partial charge in [0.15, 0.2) is 5.75 Å². The summed E-state index contributed by atoms with van der Waals surface area (Å²) in [7, 11) is 1.89. The van der Waals surface area contributed by atoms with Crippen molar-refractivity contribution in [3.8, 4) is 5.75 Å². The first kappa shape index (κ1) is 11.0. The van der Waals surface area contributed by atoms with Crippen molar-refractivity contribution in [3.05, 3.63) is 11.4 Å². The number of nitrogens with zero attached hydrogens (tertiary/aromatic N) is 2. The molecule has 0 aliphatic heterocycles. The highest BCUT2D eigenvalue weighted by Crippen LogP contribution is 2.21. The zero-order valence-corrected chi connectivity index (χ0v) is 9.24.